The Balaban J connectivity index is 4.29. The molecule has 0 radical (unpaired) electrons. The standard InChI is InChI=1S/C11H22N2O5/c1-11(2,3)18-10(16)13(8-9(14)15)5-7-17-6-4-12/h4-8,12H2,1-3H3,(H,14,15). The van der Waals surface area contributed by atoms with Crippen LogP contribution in [0.25, 0.3) is 0 Å². The molecule has 106 valence electrons. The molecule has 3 N–H and O–H groups in total. The number of ether oxygens (including phenoxy) is 2. The molecule has 0 spiro atoms. The van der Waals surface area contributed by atoms with Gasteiger partial charge in [0.2, 0.25) is 0 Å². The lowest BCUT2D eigenvalue weighted by Gasteiger charge is -2.26. The largest absolute Gasteiger partial charge is 0.480 e. The van der Waals surface area contributed by atoms with Crippen molar-refractivity contribution in [3.8, 4) is 0 Å². The third kappa shape index (κ3) is 8.77. The summed E-state index contributed by atoms with van der Waals surface area (Å²) >= 11 is 0. The van der Waals surface area contributed by atoms with E-state index in [1.807, 2.05) is 0 Å². The first-order valence-corrected chi connectivity index (χ1v) is 5.74. The first kappa shape index (κ1) is 16.7. The Labute approximate surface area is 107 Å². The fraction of sp³-hybridized carbons (Fsp3) is 0.818. The van der Waals surface area contributed by atoms with E-state index in [4.69, 9.17) is 20.3 Å². The van der Waals surface area contributed by atoms with E-state index in [1.54, 1.807) is 20.8 Å². The molecule has 0 unspecified atom stereocenters. The number of nitrogens with two attached hydrogens (primary N) is 1. The monoisotopic (exact) mass is 262 g/mol. The van der Waals surface area contributed by atoms with E-state index in [1.165, 1.54) is 0 Å². The van der Waals surface area contributed by atoms with Crippen molar-refractivity contribution < 1.29 is 24.2 Å². The molecule has 0 aromatic carbocycles. The molecule has 0 aliphatic carbocycles. The van der Waals surface area contributed by atoms with E-state index in [0.29, 0.717) is 13.2 Å². The van der Waals surface area contributed by atoms with E-state index in [-0.39, 0.29) is 13.2 Å². The van der Waals surface area contributed by atoms with Crippen LogP contribution < -0.4 is 5.73 Å². The zero-order chi connectivity index (χ0) is 14.2. The van der Waals surface area contributed by atoms with Gasteiger partial charge in [-0.05, 0) is 20.8 Å². The van der Waals surface area contributed by atoms with Gasteiger partial charge in [-0.25, -0.2) is 4.79 Å². The van der Waals surface area contributed by atoms with E-state index in [0.717, 1.165) is 4.90 Å². The van der Waals surface area contributed by atoms with E-state index >= 15 is 0 Å². The van der Waals surface area contributed by atoms with Crippen molar-refractivity contribution in [2.75, 3.05) is 32.8 Å². The third-order valence-corrected chi connectivity index (χ3v) is 1.75. The zero-order valence-electron chi connectivity index (χ0n) is 11.1. The highest BCUT2D eigenvalue weighted by Crippen LogP contribution is 2.09. The number of carbonyl (C=O) groups excluding carboxylic acids is 1. The second-order valence-electron chi connectivity index (χ2n) is 4.70. The molecule has 1 amide bonds. The fourth-order valence-corrected chi connectivity index (χ4v) is 1.08. The second-order valence-corrected chi connectivity index (χ2v) is 4.70. The highest BCUT2D eigenvalue weighted by molar-refractivity contribution is 5.76. The first-order chi connectivity index (χ1) is 8.26. The van der Waals surface area contributed by atoms with Crippen molar-refractivity contribution in [2.24, 2.45) is 5.73 Å². The molecule has 0 rings (SSSR count). The average molecular weight is 262 g/mol. The summed E-state index contributed by atoms with van der Waals surface area (Å²) in [5.41, 5.74) is 4.58. The molecule has 0 aromatic heterocycles. The minimum atomic E-state index is -1.10. The number of amides is 1. The molecule has 0 bridgehead atoms. The Kier molecular flexibility index (Phi) is 7.30. The van der Waals surface area contributed by atoms with E-state index in [2.05, 4.69) is 0 Å². The number of carbonyl (C=O) groups is 2. The lowest BCUT2D eigenvalue weighted by Crippen LogP contribution is -2.41. The van der Waals surface area contributed by atoms with Crippen LogP contribution in [0.15, 0.2) is 0 Å². The van der Waals surface area contributed by atoms with Crippen LogP contribution in [0.3, 0.4) is 0 Å². The zero-order valence-corrected chi connectivity index (χ0v) is 11.1. The number of hydrogen-bond acceptors (Lipinski definition) is 5. The summed E-state index contributed by atoms with van der Waals surface area (Å²) in [6, 6.07) is 0. The molecule has 0 saturated heterocycles. The predicted molar refractivity (Wildman–Crippen MR) is 65.3 cm³/mol. The molecule has 18 heavy (non-hydrogen) atoms. The summed E-state index contributed by atoms with van der Waals surface area (Å²) in [5.74, 6) is -1.10. The minimum absolute atomic E-state index is 0.154. The van der Waals surface area contributed by atoms with Crippen LogP contribution in [-0.2, 0) is 14.3 Å². The Hall–Kier alpha value is -1.34. The van der Waals surface area contributed by atoms with E-state index < -0.39 is 24.2 Å². The van der Waals surface area contributed by atoms with Gasteiger partial charge in [0.25, 0.3) is 0 Å². The van der Waals surface area contributed by atoms with Crippen LogP contribution in [-0.4, -0.2) is 60.5 Å². The summed E-state index contributed by atoms with van der Waals surface area (Å²) in [6.45, 7) is 5.87. The number of carboxylic acids is 1. The van der Waals surface area contributed by atoms with Crippen LogP contribution in [0.1, 0.15) is 20.8 Å². The third-order valence-electron chi connectivity index (χ3n) is 1.75. The second kappa shape index (κ2) is 7.88. The number of aliphatic carboxylic acids is 1. The Morgan fingerprint density at radius 3 is 2.33 bits per heavy atom. The molecule has 0 saturated carbocycles. The molecule has 0 aromatic rings. The first-order valence-electron chi connectivity index (χ1n) is 5.74. The lowest BCUT2D eigenvalue weighted by atomic mass is 10.2. The molecule has 0 aliphatic heterocycles. The van der Waals surface area contributed by atoms with Crippen LogP contribution in [0, 0.1) is 0 Å². The molecule has 7 heteroatoms. The molecule has 0 atom stereocenters. The van der Waals surface area contributed by atoms with Gasteiger partial charge in [0.05, 0.1) is 13.2 Å². The highest BCUT2D eigenvalue weighted by Gasteiger charge is 2.23. The SMILES string of the molecule is CC(C)(C)OC(=O)N(CCOCCN)CC(=O)O. The van der Waals surface area contributed by atoms with Crippen LogP contribution >= 0.6 is 0 Å². The van der Waals surface area contributed by atoms with Gasteiger partial charge in [-0.15, -0.1) is 0 Å². The molecule has 0 aliphatic rings. The van der Waals surface area contributed by atoms with Gasteiger partial charge in [0.15, 0.2) is 0 Å². The Morgan fingerprint density at radius 1 is 1.28 bits per heavy atom. The van der Waals surface area contributed by atoms with Crippen molar-refractivity contribution in [1.82, 2.24) is 4.90 Å². The van der Waals surface area contributed by atoms with Crippen molar-refractivity contribution in [3.63, 3.8) is 0 Å². The number of nitrogens with zero attached hydrogens (tertiary/aromatic N) is 1. The summed E-state index contributed by atoms with van der Waals surface area (Å²) < 4.78 is 10.2. The Bertz CT molecular complexity index is 275. The van der Waals surface area contributed by atoms with Crippen molar-refractivity contribution in [1.29, 1.82) is 0 Å². The summed E-state index contributed by atoms with van der Waals surface area (Å²) in [6.07, 6.45) is -0.666. The van der Waals surface area contributed by atoms with Crippen molar-refractivity contribution >= 4 is 12.1 Å². The summed E-state index contributed by atoms with van der Waals surface area (Å²) in [4.78, 5) is 23.5. The maximum Gasteiger partial charge on any atom is 0.410 e. The average Bonchev–Trinajstić information content (AvgIpc) is 2.19. The van der Waals surface area contributed by atoms with Gasteiger partial charge in [0.1, 0.15) is 12.1 Å². The van der Waals surface area contributed by atoms with Gasteiger partial charge in [-0.1, -0.05) is 0 Å². The summed E-state index contributed by atoms with van der Waals surface area (Å²) in [7, 11) is 0. The van der Waals surface area contributed by atoms with Crippen molar-refractivity contribution in [3.05, 3.63) is 0 Å². The maximum atomic E-state index is 11.7. The lowest BCUT2D eigenvalue weighted by molar-refractivity contribution is -0.138. The van der Waals surface area contributed by atoms with Gasteiger partial charge in [-0.2, -0.15) is 0 Å². The highest BCUT2D eigenvalue weighted by atomic mass is 16.6. The Morgan fingerprint density at radius 2 is 1.89 bits per heavy atom. The molecular weight excluding hydrogens is 240 g/mol. The number of carboxylic acid groups (broad SMARTS) is 1. The smallest absolute Gasteiger partial charge is 0.410 e. The molecule has 0 heterocycles. The fourth-order valence-electron chi connectivity index (χ4n) is 1.08. The molecular formula is C11H22N2O5. The number of hydrogen-bond donors (Lipinski definition) is 2. The normalized spacial score (nSPS) is 11.1. The van der Waals surface area contributed by atoms with E-state index in [9.17, 15) is 9.59 Å². The summed E-state index contributed by atoms with van der Waals surface area (Å²) in [5, 5.41) is 8.72. The van der Waals surface area contributed by atoms with Crippen LogP contribution in [0.5, 0.6) is 0 Å². The molecule has 7 nitrogen and oxygen atoms in total. The minimum Gasteiger partial charge on any atom is -0.480 e. The topological polar surface area (TPSA) is 102 Å². The van der Waals surface area contributed by atoms with Crippen molar-refractivity contribution in [2.45, 2.75) is 26.4 Å². The quantitative estimate of drug-likeness (QED) is 0.639. The van der Waals surface area contributed by atoms with Gasteiger partial charge in [-0.3, -0.25) is 9.69 Å². The molecule has 0 fully saturated rings. The predicted octanol–water partition coefficient (Wildman–Crippen LogP) is 0.283. The maximum absolute atomic E-state index is 11.7. The van der Waals surface area contributed by atoms with Crippen LogP contribution in [0.2, 0.25) is 0 Å². The van der Waals surface area contributed by atoms with Crippen LogP contribution in [0.4, 0.5) is 4.79 Å². The number of rotatable bonds is 7. The van der Waals surface area contributed by atoms with Gasteiger partial charge < -0.3 is 20.3 Å². The van der Waals surface area contributed by atoms with Gasteiger partial charge in [0, 0.05) is 13.1 Å². The van der Waals surface area contributed by atoms with Gasteiger partial charge >= 0.3 is 12.1 Å².